The predicted octanol–water partition coefficient (Wildman–Crippen LogP) is -0.0412. The van der Waals surface area contributed by atoms with Crippen LogP contribution >= 0.6 is 0 Å². The number of nitrogens with zero attached hydrogens (tertiary/aromatic N) is 2. The van der Waals surface area contributed by atoms with Crippen molar-refractivity contribution < 1.29 is 15.1 Å². The minimum atomic E-state index is 1.12. The Labute approximate surface area is 42.8 Å². The second-order valence-corrected chi connectivity index (χ2v) is 2.66. The average Bonchev–Trinajstić information content (AvgIpc) is 1.72. The van der Waals surface area contributed by atoms with Gasteiger partial charge in [-0.05, 0) is 0 Å². The van der Waals surface area contributed by atoms with Crippen LogP contribution in [-0.2, 0) is 15.1 Å². The van der Waals surface area contributed by atoms with Crippen molar-refractivity contribution in [2.75, 3.05) is 6.67 Å². The molecule has 0 saturated carbocycles. The van der Waals surface area contributed by atoms with Crippen molar-refractivity contribution in [1.82, 2.24) is 7.90 Å². The van der Waals surface area contributed by atoms with Crippen molar-refractivity contribution in [2.45, 2.75) is 0 Å². The van der Waals surface area contributed by atoms with Crippen LogP contribution in [0.3, 0.4) is 0 Å². The molecule has 0 aliphatic carbocycles. The summed E-state index contributed by atoms with van der Waals surface area (Å²) in [4.78, 5) is 0. The third kappa shape index (κ3) is 0.189. The van der Waals surface area contributed by atoms with Gasteiger partial charge in [0.1, 0.15) is 0 Å². The van der Waals surface area contributed by atoms with E-state index in [1.54, 1.807) is 0 Å². The van der Waals surface area contributed by atoms with E-state index in [0.717, 1.165) is 6.67 Å². The normalized spacial score (nSPS) is 26.7. The Balaban J connectivity index is 2.32. The standard InChI is InChI=1S/C3H4N2.Co/c1-2-5-3-4-1;/h1-2H,3H2;/q-2;+2. The van der Waals surface area contributed by atoms with Gasteiger partial charge in [0, 0.05) is 0 Å². The van der Waals surface area contributed by atoms with E-state index in [-0.39, 0.29) is 0 Å². The van der Waals surface area contributed by atoms with Gasteiger partial charge in [-0.1, -0.05) is 0 Å². The zero-order valence-electron chi connectivity index (χ0n) is 3.09. The summed E-state index contributed by atoms with van der Waals surface area (Å²) in [5.74, 6) is 0. The quantitative estimate of drug-likeness (QED) is 0.450. The Morgan fingerprint density at radius 3 is 2.00 bits per heavy atom. The van der Waals surface area contributed by atoms with Gasteiger partial charge >= 0.3 is 42.1 Å². The second kappa shape index (κ2) is 0.740. The SMILES string of the molecule is C1=C[N]2C[N]1[Co]2. The van der Waals surface area contributed by atoms with Crippen molar-refractivity contribution >= 4 is 0 Å². The maximum absolute atomic E-state index is 2.22. The Kier molecular flexibility index (Phi) is 0.361. The van der Waals surface area contributed by atoms with Crippen molar-refractivity contribution in [3.8, 4) is 0 Å². The third-order valence-electron chi connectivity index (χ3n) is 0.806. The van der Waals surface area contributed by atoms with Gasteiger partial charge in [0.2, 0.25) is 0 Å². The van der Waals surface area contributed by atoms with Gasteiger partial charge in [-0.3, -0.25) is 0 Å². The predicted molar refractivity (Wildman–Crippen MR) is 17.7 cm³/mol. The van der Waals surface area contributed by atoms with Crippen LogP contribution in [0.25, 0.3) is 0 Å². The minimum absolute atomic E-state index is 1.12. The molecular formula is C3H4CoN2. The summed E-state index contributed by atoms with van der Waals surface area (Å²) >= 11 is 1.37. The fourth-order valence-electron chi connectivity index (χ4n) is 0.503. The molecule has 6 heavy (non-hydrogen) atoms. The fraction of sp³-hybridized carbons (Fsp3) is 0.333. The molecule has 1 fully saturated rings. The van der Waals surface area contributed by atoms with Crippen LogP contribution in [0.15, 0.2) is 12.4 Å². The van der Waals surface area contributed by atoms with E-state index in [0.29, 0.717) is 0 Å². The molecule has 3 rings (SSSR count). The monoisotopic (exact) mass is 127 g/mol. The molecule has 3 aliphatic heterocycles. The summed E-state index contributed by atoms with van der Waals surface area (Å²) in [6.07, 6.45) is 4.19. The van der Waals surface area contributed by atoms with E-state index in [9.17, 15) is 0 Å². The molecule has 3 aliphatic rings. The van der Waals surface area contributed by atoms with Crippen molar-refractivity contribution in [1.29, 1.82) is 0 Å². The van der Waals surface area contributed by atoms with Crippen LogP contribution in [0.1, 0.15) is 0 Å². The number of hydrogen-bond donors (Lipinski definition) is 0. The van der Waals surface area contributed by atoms with Crippen LogP contribution < -0.4 is 0 Å². The first-order valence-corrected chi connectivity index (χ1v) is 2.71. The molecule has 0 spiro atoms. The van der Waals surface area contributed by atoms with Gasteiger partial charge in [0.25, 0.3) is 0 Å². The molecular weight excluding hydrogens is 123 g/mol. The first-order chi connectivity index (χ1) is 2.95. The van der Waals surface area contributed by atoms with Gasteiger partial charge in [-0.25, -0.2) is 0 Å². The van der Waals surface area contributed by atoms with Crippen molar-refractivity contribution in [2.24, 2.45) is 0 Å². The maximum atomic E-state index is 2.22. The number of hydrogen-bond acceptors (Lipinski definition) is 2. The third-order valence-corrected chi connectivity index (χ3v) is 1.95. The molecule has 0 aromatic carbocycles. The van der Waals surface area contributed by atoms with E-state index >= 15 is 0 Å². The second-order valence-electron chi connectivity index (χ2n) is 1.25. The van der Waals surface area contributed by atoms with Crippen LogP contribution in [0.4, 0.5) is 0 Å². The molecule has 0 unspecified atom stereocenters. The van der Waals surface area contributed by atoms with Gasteiger partial charge < -0.3 is 0 Å². The first kappa shape index (κ1) is 2.93. The summed E-state index contributed by atoms with van der Waals surface area (Å²) < 4.78 is 4.44. The van der Waals surface area contributed by atoms with E-state index in [4.69, 9.17) is 0 Å². The summed E-state index contributed by atoms with van der Waals surface area (Å²) in [6, 6.07) is 0. The van der Waals surface area contributed by atoms with Gasteiger partial charge in [0.05, 0.1) is 0 Å². The van der Waals surface area contributed by atoms with E-state index in [1.165, 1.54) is 15.1 Å². The van der Waals surface area contributed by atoms with E-state index in [2.05, 4.69) is 20.3 Å². The van der Waals surface area contributed by atoms with Crippen LogP contribution in [0.2, 0.25) is 0 Å². The number of rotatable bonds is 0. The van der Waals surface area contributed by atoms with Gasteiger partial charge in [-0.2, -0.15) is 0 Å². The molecule has 0 N–H and O–H groups in total. The summed E-state index contributed by atoms with van der Waals surface area (Å²) in [7, 11) is 0. The van der Waals surface area contributed by atoms with Gasteiger partial charge in [0.15, 0.2) is 0 Å². The van der Waals surface area contributed by atoms with Crippen LogP contribution in [0.5, 0.6) is 0 Å². The van der Waals surface area contributed by atoms with Crippen LogP contribution in [-0.4, -0.2) is 14.6 Å². The molecule has 0 aromatic heterocycles. The molecule has 0 atom stereocenters. The summed E-state index contributed by atoms with van der Waals surface area (Å²) in [6.45, 7) is 1.12. The molecule has 2 nitrogen and oxygen atoms in total. The first-order valence-electron chi connectivity index (χ1n) is 1.78. The summed E-state index contributed by atoms with van der Waals surface area (Å²) in [5.41, 5.74) is 0. The Morgan fingerprint density at radius 1 is 1.33 bits per heavy atom. The zero-order valence-corrected chi connectivity index (χ0v) is 4.13. The van der Waals surface area contributed by atoms with Crippen molar-refractivity contribution in [3.63, 3.8) is 0 Å². The molecule has 0 aromatic rings. The van der Waals surface area contributed by atoms with Gasteiger partial charge in [-0.15, -0.1) is 0 Å². The van der Waals surface area contributed by atoms with Crippen LogP contribution in [0, 0.1) is 0 Å². The Bertz CT molecular complexity index is 85.0. The van der Waals surface area contributed by atoms with E-state index in [1.807, 2.05) is 0 Å². The molecule has 0 amide bonds. The molecule has 3 heterocycles. The molecule has 35 valence electrons. The Morgan fingerprint density at radius 2 is 1.83 bits per heavy atom. The Hall–Kier alpha value is -0.154. The topological polar surface area (TPSA) is 6.48 Å². The zero-order chi connectivity index (χ0) is 3.98. The molecule has 0 radical (unpaired) electrons. The average molecular weight is 127 g/mol. The molecule has 1 saturated heterocycles. The van der Waals surface area contributed by atoms with E-state index < -0.39 is 0 Å². The molecule has 3 heteroatoms. The summed E-state index contributed by atoms with van der Waals surface area (Å²) in [5, 5.41) is 0. The van der Waals surface area contributed by atoms with Crippen molar-refractivity contribution in [3.05, 3.63) is 12.4 Å². The molecule has 2 bridgehead atoms. The fourth-order valence-corrected chi connectivity index (χ4v) is 1.34.